The van der Waals surface area contributed by atoms with Gasteiger partial charge in [0.05, 0.1) is 17.5 Å². The molecule has 0 radical (unpaired) electrons. The van der Waals surface area contributed by atoms with Crippen LogP contribution in [0.2, 0.25) is 0 Å². The van der Waals surface area contributed by atoms with E-state index in [-0.39, 0.29) is 23.1 Å². The molecule has 0 spiro atoms. The van der Waals surface area contributed by atoms with Crippen LogP contribution in [0.5, 0.6) is 0 Å². The first-order valence-corrected chi connectivity index (χ1v) is 11.7. The topological polar surface area (TPSA) is 59.4 Å². The van der Waals surface area contributed by atoms with E-state index in [4.69, 9.17) is 12.2 Å². The summed E-state index contributed by atoms with van der Waals surface area (Å²) in [5, 5.41) is 0. The molecule has 0 N–H and O–H groups in total. The second-order valence-electron chi connectivity index (χ2n) is 6.36. The first-order valence-electron chi connectivity index (χ1n) is 8.67. The zero-order chi connectivity index (χ0) is 18.9. The maximum atomic E-state index is 12.6. The van der Waals surface area contributed by atoms with Gasteiger partial charge in [0.15, 0.2) is 13.8 Å². The number of hydrogen-bond acceptors (Lipinski definition) is 6. The Labute approximate surface area is 162 Å². The van der Waals surface area contributed by atoms with E-state index in [1.165, 1.54) is 15.9 Å². The molecule has 1 aliphatic rings. The average molecular weight is 411 g/mol. The molecule has 0 aliphatic carbocycles. The van der Waals surface area contributed by atoms with Gasteiger partial charge in [0, 0.05) is 29.7 Å². The van der Waals surface area contributed by atoms with Crippen LogP contribution in [0.15, 0.2) is 35.1 Å². The molecule has 2 heterocycles. The third-order valence-electron chi connectivity index (χ3n) is 4.74. The van der Waals surface area contributed by atoms with Gasteiger partial charge in [-0.25, -0.2) is 8.42 Å². The highest BCUT2D eigenvalue weighted by Crippen LogP contribution is 2.28. The monoisotopic (exact) mass is 410 g/mol. The summed E-state index contributed by atoms with van der Waals surface area (Å²) < 4.78 is 25.3. The molecule has 3 rings (SSSR count). The molecule has 5 nitrogen and oxygen atoms in total. The Balaban J connectivity index is 1.93. The Morgan fingerprint density at radius 3 is 2.38 bits per heavy atom. The molecule has 0 saturated carbocycles. The van der Waals surface area contributed by atoms with Gasteiger partial charge >= 0.3 is 0 Å². The van der Waals surface area contributed by atoms with Gasteiger partial charge in [-0.05, 0) is 50.2 Å². The third-order valence-corrected chi connectivity index (χ3v) is 7.88. The molecule has 1 unspecified atom stereocenters. The average Bonchev–Trinajstić information content (AvgIpc) is 2.95. The number of sulfone groups is 1. The maximum absolute atomic E-state index is 12.6. The second kappa shape index (κ2) is 7.62. The largest absolute Gasteiger partial charge is 0.372 e. The van der Waals surface area contributed by atoms with Gasteiger partial charge in [-0.1, -0.05) is 12.1 Å². The predicted molar refractivity (Wildman–Crippen MR) is 111 cm³/mol. The lowest BCUT2D eigenvalue weighted by atomic mass is 10.1. The summed E-state index contributed by atoms with van der Waals surface area (Å²) >= 11 is 6.78. The number of rotatable bonds is 5. The molecule has 1 aromatic heterocycles. The molecule has 1 aromatic carbocycles. The van der Waals surface area contributed by atoms with E-state index < -0.39 is 9.84 Å². The molecule has 1 atom stereocenters. The van der Waals surface area contributed by atoms with E-state index in [0.717, 1.165) is 29.2 Å². The highest BCUT2D eigenvalue weighted by molar-refractivity contribution is 7.91. The summed E-state index contributed by atoms with van der Waals surface area (Å²) in [5.41, 5.74) is 1.87. The molecule has 0 amide bonds. The summed E-state index contributed by atoms with van der Waals surface area (Å²) in [6, 6.07) is 9.32. The van der Waals surface area contributed by atoms with Crippen molar-refractivity contribution in [1.82, 2.24) is 4.57 Å². The number of aromatic nitrogens is 1. The van der Waals surface area contributed by atoms with Crippen molar-refractivity contribution in [1.29, 1.82) is 0 Å². The minimum atomic E-state index is -3.06. The standard InChI is InChI=1S/C18H22N2O3S3/c1-3-19(4-2)14-7-5-13(6-8-14)16-11-17(21)20(18(24)25-16)15-9-10-26(22,23)12-15/h5-8,11,15H,3-4,9-10,12H2,1-2H3. The van der Waals surface area contributed by atoms with Crippen LogP contribution in [0.25, 0.3) is 10.4 Å². The fraction of sp³-hybridized carbons (Fsp3) is 0.444. The normalized spacial score (nSPS) is 18.8. The van der Waals surface area contributed by atoms with E-state index >= 15 is 0 Å². The Morgan fingerprint density at radius 1 is 1.23 bits per heavy atom. The molecular weight excluding hydrogens is 388 g/mol. The van der Waals surface area contributed by atoms with Gasteiger partial charge in [-0.15, -0.1) is 11.3 Å². The molecule has 1 aliphatic heterocycles. The van der Waals surface area contributed by atoms with Crippen LogP contribution < -0.4 is 10.5 Å². The molecule has 8 heteroatoms. The smallest absolute Gasteiger partial charge is 0.253 e. The van der Waals surface area contributed by atoms with E-state index in [9.17, 15) is 13.2 Å². The van der Waals surface area contributed by atoms with Crippen molar-refractivity contribution in [2.45, 2.75) is 26.3 Å². The summed E-state index contributed by atoms with van der Waals surface area (Å²) in [6.45, 7) is 6.11. The zero-order valence-electron chi connectivity index (χ0n) is 14.8. The lowest BCUT2D eigenvalue weighted by Gasteiger charge is -2.21. The van der Waals surface area contributed by atoms with E-state index in [2.05, 4.69) is 18.7 Å². The number of anilines is 1. The van der Waals surface area contributed by atoms with Crippen LogP contribution in [0.4, 0.5) is 5.69 Å². The van der Waals surface area contributed by atoms with Crippen LogP contribution in [-0.4, -0.2) is 37.6 Å². The molecule has 26 heavy (non-hydrogen) atoms. The highest BCUT2D eigenvalue weighted by atomic mass is 32.2. The van der Waals surface area contributed by atoms with E-state index in [1.807, 2.05) is 24.3 Å². The first-order chi connectivity index (χ1) is 12.3. The number of benzene rings is 1. The van der Waals surface area contributed by atoms with Crippen molar-refractivity contribution in [3.05, 3.63) is 44.6 Å². The lowest BCUT2D eigenvalue weighted by Crippen LogP contribution is -2.25. The van der Waals surface area contributed by atoms with Crippen LogP contribution in [0, 0.1) is 3.95 Å². The second-order valence-corrected chi connectivity index (χ2v) is 10.3. The van der Waals surface area contributed by atoms with Crippen LogP contribution >= 0.6 is 23.6 Å². The van der Waals surface area contributed by atoms with Crippen molar-refractivity contribution in [2.24, 2.45) is 0 Å². The van der Waals surface area contributed by atoms with Gasteiger partial charge in [-0.2, -0.15) is 0 Å². The van der Waals surface area contributed by atoms with Crippen molar-refractivity contribution in [3.8, 4) is 10.4 Å². The van der Waals surface area contributed by atoms with Gasteiger partial charge in [0.2, 0.25) is 0 Å². The number of nitrogens with zero attached hydrogens (tertiary/aromatic N) is 2. The highest BCUT2D eigenvalue weighted by Gasteiger charge is 2.30. The Hall–Kier alpha value is -1.51. The zero-order valence-corrected chi connectivity index (χ0v) is 17.3. The van der Waals surface area contributed by atoms with Gasteiger partial charge in [-0.3, -0.25) is 9.36 Å². The first kappa shape index (κ1) is 19.3. The van der Waals surface area contributed by atoms with Crippen molar-refractivity contribution in [3.63, 3.8) is 0 Å². The fourth-order valence-electron chi connectivity index (χ4n) is 3.32. The minimum Gasteiger partial charge on any atom is -0.372 e. The van der Waals surface area contributed by atoms with Gasteiger partial charge in [0.1, 0.15) is 0 Å². The van der Waals surface area contributed by atoms with Gasteiger partial charge in [0.25, 0.3) is 5.56 Å². The summed E-state index contributed by atoms with van der Waals surface area (Å²) in [5.74, 6) is 0.124. The minimum absolute atomic E-state index is 0.00117. The molecule has 1 saturated heterocycles. The fourth-order valence-corrected chi connectivity index (χ4v) is 6.47. The summed E-state index contributed by atoms with van der Waals surface area (Å²) in [6.07, 6.45) is 0.455. The molecule has 0 bridgehead atoms. The molecule has 140 valence electrons. The Morgan fingerprint density at radius 2 is 1.88 bits per heavy atom. The third kappa shape index (κ3) is 3.92. The van der Waals surface area contributed by atoms with E-state index in [0.29, 0.717) is 10.4 Å². The number of hydrogen-bond donors (Lipinski definition) is 0. The Bertz CT molecular complexity index is 972. The van der Waals surface area contributed by atoms with Crippen LogP contribution in [-0.2, 0) is 9.84 Å². The summed E-state index contributed by atoms with van der Waals surface area (Å²) in [4.78, 5) is 15.7. The summed E-state index contributed by atoms with van der Waals surface area (Å²) in [7, 11) is -3.06. The van der Waals surface area contributed by atoms with Gasteiger partial charge < -0.3 is 4.90 Å². The van der Waals surface area contributed by atoms with Crippen molar-refractivity contribution in [2.75, 3.05) is 29.5 Å². The molecular formula is C18H22N2O3S3. The van der Waals surface area contributed by atoms with Crippen molar-refractivity contribution < 1.29 is 8.42 Å². The van der Waals surface area contributed by atoms with E-state index in [1.54, 1.807) is 6.07 Å². The quantitative estimate of drug-likeness (QED) is 0.706. The van der Waals surface area contributed by atoms with Crippen LogP contribution in [0.1, 0.15) is 26.3 Å². The lowest BCUT2D eigenvalue weighted by molar-refractivity contribution is 0.538. The molecule has 2 aromatic rings. The SMILES string of the molecule is CCN(CC)c1ccc(-c2cc(=O)n(C3CCS(=O)(=O)C3)c(=S)s2)cc1. The molecule has 1 fully saturated rings. The maximum Gasteiger partial charge on any atom is 0.253 e. The van der Waals surface area contributed by atoms with Crippen LogP contribution in [0.3, 0.4) is 0 Å². The predicted octanol–water partition coefficient (Wildman–Crippen LogP) is 3.51. The Kier molecular flexibility index (Phi) is 5.64. The van der Waals surface area contributed by atoms with Crippen molar-refractivity contribution >= 4 is 39.1 Å².